The lowest BCUT2D eigenvalue weighted by molar-refractivity contribution is 0.0319. The topological polar surface area (TPSA) is 46.5 Å². The number of aromatic hydroxyl groups is 1. The van der Waals surface area contributed by atoms with Crippen LogP contribution in [-0.4, -0.2) is 17.2 Å². The van der Waals surface area contributed by atoms with Crippen LogP contribution in [0.25, 0.3) is 0 Å². The second-order valence-corrected chi connectivity index (χ2v) is 4.73. The number of benzene rings is 1. The molecule has 0 bridgehead atoms. The second kappa shape index (κ2) is 7.77. The molecule has 1 rings (SSSR count). The van der Waals surface area contributed by atoms with Gasteiger partial charge in [0, 0.05) is 0 Å². The van der Waals surface area contributed by atoms with E-state index in [0.29, 0.717) is 0 Å². The fourth-order valence-corrected chi connectivity index (χ4v) is 1.80. The summed E-state index contributed by atoms with van der Waals surface area (Å²) in [6.07, 6.45) is 5.14. The molecule has 19 heavy (non-hydrogen) atoms. The molecule has 0 heterocycles. The van der Waals surface area contributed by atoms with Crippen LogP contribution in [-0.2, 0) is 4.74 Å². The molecule has 4 heteroatoms. The zero-order chi connectivity index (χ0) is 14.3. The van der Waals surface area contributed by atoms with Crippen molar-refractivity contribution in [2.75, 3.05) is 0 Å². The van der Waals surface area contributed by atoms with Gasteiger partial charge in [-0.3, -0.25) is 0 Å². The van der Waals surface area contributed by atoms with Gasteiger partial charge in [-0.1, -0.05) is 26.2 Å². The highest BCUT2D eigenvalue weighted by Gasteiger charge is 2.13. The first-order valence-electron chi connectivity index (χ1n) is 6.74. The Kier molecular flexibility index (Phi) is 6.33. The summed E-state index contributed by atoms with van der Waals surface area (Å²) in [5.74, 6) is -1.84. The SMILES string of the molecule is CCCCCC[C@@H](C)OC(=O)c1ccc(O)c(F)c1. The van der Waals surface area contributed by atoms with Crippen molar-refractivity contribution in [3.8, 4) is 5.75 Å². The van der Waals surface area contributed by atoms with Crippen LogP contribution in [0.2, 0.25) is 0 Å². The van der Waals surface area contributed by atoms with E-state index in [2.05, 4.69) is 6.92 Å². The molecule has 0 amide bonds. The predicted molar refractivity (Wildman–Crippen MR) is 71.7 cm³/mol. The van der Waals surface area contributed by atoms with Crippen molar-refractivity contribution < 1.29 is 19.0 Å². The Morgan fingerprint density at radius 2 is 2.11 bits per heavy atom. The molecule has 0 fully saturated rings. The van der Waals surface area contributed by atoms with Crippen molar-refractivity contribution in [2.45, 2.75) is 52.1 Å². The number of rotatable bonds is 7. The van der Waals surface area contributed by atoms with Crippen LogP contribution in [0.4, 0.5) is 4.39 Å². The van der Waals surface area contributed by atoms with Gasteiger partial charge in [0.15, 0.2) is 11.6 Å². The number of hydrogen-bond acceptors (Lipinski definition) is 3. The predicted octanol–water partition coefficient (Wildman–Crippen LogP) is 4.05. The van der Waals surface area contributed by atoms with Crippen LogP contribution in [0.3, 0.4) is 0 Å². The minimum absolute atomic E-state index is 0.121. The van der Waals surface area contributed by atoms with Crippen LogP contribution < -0.4 is 0 Å². The largest absolute Gasteiger partial charge is 0.505 e. The minimum Gasteiger partial charge on any atom is -0.505 e. The molecule has 106 valence electrons. The van der Waals surface area contributed by atoms with Crippen molar-refractivity contribution in [1.82, 2.24) is 0 Å². The first-order valence-corrected chi connectivity index (χ1v) is 6.74. The van der Waals surface area contributed by atoms with E-state index in [4.69, 9.17) is 9.84 Å². The van der Waals surface area contributed by atoms with E-state index in [1.165, 1.54) is 18.9 Å². The van der Waals surface area contributed by atoms with Gasteiger partial charge in [0.2, 0.25) is 0 Å². The van der Waals surface area contributed by atoms with E-state index >= 15 is 0 Å². The lowest BCUT2D eigenvalue weighted by atomic mass is 10.1. The van der Waals surface area contributed by atoms with E-state index in [-0.39, 0.29) is 11.7 Å². The molecular weight excluding hydrogens is 247 g/mol. The second-order valence-electron chi connectivity index (χ2n) is 4.73. The summed E-state index contributed by atoms with van der Waals surface area (Å²) in [6.45, 7) is 3.98. The number of halogens is 1. The Morgan fingerprint density at radius 1 is 1.37 bits per heavy atom. The molecular formula is C15H21FO3. The molecule has 1 aromatic carbocycles. The number of esters is 1. The van der Waals surface area contributed by atoms with E-state index in [0.717, 1.165) is 31.4 Å². The van der Waals surface area contributed by atoms with Crippen LogP contribution in [0.15, 0.2) is 18.2 Å². The summed E-state index contributed by atoms with van der Waals surface area (Å²) in [6, 6.07) is 3.49. The van der Waals surface area contributed by atoms with E-state index in [9.17, 15) is 9.18 Å². The van der Waals surface area contributed by atoms with Crippen molar-refractivity contribution >= 4 is 5.97 Å². The maximum atomic E-state index is 13.1. The molecule has 0 aliphatic heterocycles. The highest BCUT2D eigenvalue weighted by atomic mass is 19.1. The Bertz CT molecular complexity index is 418. The van der Waals surface area contributed by atoms with Gasteiger partial charge in [-0.2, -0.15) is 0 Å². The lowest BCUT2D eigenvalue weighted by Gasteiger charge is -2.13. The molecule has 1 atom stereocenters. The summed E-state index contributed by atoms with van der Waals surface area (Å²) in [7, 11) is 0. The molecule has 0 aliphatic carbocycles. The van der Waals surface area contributed by atoms with Gasteiger partial charge in [-0.25, -0.2) is 9.18 Å². The highest BCUT2D eigenvalue weighted by Crippen LogP contribution is 2.17. The molecule has 3 nitrogen and oxygen atoms in total. The zero-order valence-corrected chi connectivity index (χ0v) is 11.5. The monoisotopic (exact) mass is 268 g/mol. The minimum atomic E-state index is -0.815. The van der Waals surface area contributed by atoms with Gasteiger partial charge in [0.25, 0.3) is 0 Å². The third kappa shape index (κ3) is 5.28. The first-order chi connectivity index (χ1) is 9.04. The summed E-state index contributed by atoms with van der Waals surface area (Å²) >= 11 is 0. The molecule has 0 unspecified atom stereocenters. The molecule has 0 radical (unpaired) electrons. The van der Waals surface area contributed by atoms with Crippen LogP contribution >= 0.6 is 0 Å². The van der Waals surface area contributed by atoms with Crippen LogP contribution in [0.1, 0.15) is 56.3 Å². The Balaban J connectivity index is 2.43. The molecule has 1 N–H and O–H groups in total. The van der Waals surface area contributed by atoms with Gasteiger partial charge in [-0.15, -0.1) is 0 Å². The van der Waals surface area contributed by atoms with Crippen molar-refractivity contribution in [1.29, 1.82) is 0 Å². The lowest BCUT2D eigenvalue weighted by Crippen LogP contribution is -2.15. The summed E-state index contributed by atoms with van der Waals surface area (Å²) in [5, 5.41) is 9.05. The molecule has 0 spiro atoms. The number of hydrogen-bond donors (Lipinski definition) is 1. The van der Waals surface area contributed by atoms with Crippen molar-refractivity contribution in [2.24, 2.45) is 0 Å². The molecule has 0 aromatic heterocycles. The Morgan fingerprint density at radius 3 is 2.74 bits per heavy atom. The normalized spacial score (nSPS) is 12.2. The highest BCUT2D eigenvalue weighted by molar-refractivity contribution is 5.89. The maximum absolute atomic E-state index is 13.1. The summed E-state index contributed by atoms with van der Waals surface area (Å²) < 4.78 is 18.3. The third-order valence-corrected chi connectivity index (χ3v) is 2.96. The van der Waals surface area contributed by atoms with Crippen LogP contribution in [0, 0.1) is 5.82 Å². The molecule has 0 saturated heterocycles. The van der Waals surface area contributed by atoms with Crippen LogP contribution in [0.5, 0.6) is 5.75 Å². The first kappa shape index (κ1) is 15.5. The van der Waals surface area contributed by atoms with Gasteiger partial charge < -0.3 is 9.84 Å². The van der Waals surface area contributed by atoms with Crippen molar-refractivity contribution in [3.05, 3.63) is 29.6 Å². The average Bonchev–Trinajstić information content (AvgIpc) is 2.38. The number of carbonyl (C=O) groups excluding carboxylic acids is 1. The average molecular weight is 268 g/mol. The van der Waals surface area contributed by atoms with E-state index < -0.39 is 17.5 Å². The number of phenolic OH excluding ortho intramolecular Hbond substituents is 1. The van der Waals surface area contributed by atoms with Gasteiger partial charge in [-0.05, 0) is 38.0 Å². The summed E-state index contributed by atoms with van der Waals surface area (Å²) in [4.78, 5) is 11.7. The van der Waals surface area contributed by atoms with E-state index in [1.807, 2.05) is 6.92 Å². The number of unbranched alkanes of at least 4 members (excludes halogenated alkanes) is 3. The number of carbonyl (C=O) groups is 1. The molecule has 1 aromatic rings. The van der Waals surface area contributed by atoms with Gasteiger partial charge in [0.1, 0.15) is 0 Å². The maximum Gasteiger partial charge on any atom is 0.338 e. The standard InChI is InChI=1S/C15H21FO3/c1-3-4-5-6-7-11(2)19-15(18)12-8-9-14(17)13(16)10-12/h8-11,17H,3-7H2,1-2H3/t11-/m1/s1. The zero-order valence-electron chi connectivity index (χ0n) is 11.5. The number of phenols is 1. The van der Waals surface area contributed by atoms with Gasteiger partial charge in [0.05, 0.1) is 11.7 Å². The van der Waals surface area contributed by atoms with E-state index in [1.54, 1.807) is 0 Å². The summed E-state index contributed by atoms with van der Waals surface area (Å²) in [5.41, 5.74) is 0.121. The fourth-order valence-electron chi connectivity index (χ4n) is 1.80. The smallest absolute Gasteiger partial charge is 0.338 e. The Hall–Kier alpha value is -1.58. The fraction of sp³-hybridized carbons (Fsp3) is 0.533. The Labute approximate surface area is 113 Å². The third-order valence-electron chi connectivity index (χ3n) is 2.96. The molecule has 0 saturated carbocycles. The van der Waals surface area contributed by atoms with Gasteiger partial charge >= 0.3 is 5.97 Å². The molecule has 0 aliphatic rings. The quantitative estimate of drug-likeness (QED) is 0.599. The van der Waals surface area contributed by atoms with Crippen molar-refractivity contribution in [3.63, 3.8) is 0 Å². The number of ether oxygens (including phenoxy) is 1.